The van der Waals surface area contributed by atoms with Gasteiger partial charge in [0.15, 0.2) is 0 Å². The first-order chi connectivity index (χ1) is 15.7. The van der Waals surface area contributed by atoms with Gasteiger partial charge in [0.25, 0.3) is 0 Å². The van der Waals surface area contributed by atoms with Crippen molar-refractivity contribution in [3.05, 3.63) is 65.2 Å². The van der Waals surface area contributed by atoms with Crippen molar-refractivity contribution in [3.8, 4) is 0 Å². The molecule has 6 nitrogen and oxygen atoms in total. The first-order valence-electron chi connectivity index (χ1n) is 11.2. The first kappa shape index (κ1) is 20.8. The molecule has 0 spiro atoms. The Morgan fingerprint density at radius 2 is 1.62 bits per heavy atom. The third kappa shape index (κ3) is 4.43. The Labute approximate surface area is 191 Å². The molecule has 1 saturated heterocycles. The second-order valence-electron chi connectivity index (χ2n) is 8.35. The smallest absolute Gasteiger partial charge is 0.243 e. The minimum atomic E-state index is -0.0753. The summed E-state index contributed by atoms with van der Waals surface area (Å²) in [5.41, 5.74) is 3.04. The number of hydrazone groups is 1. The lowest BCUT2D eigenvalue weighted by Gasteiger charge is -2.31. The molecule has 3 heterocycles. The third-order valence-electron chi connectivity index (χ3n) is 6.26. The van der Waals surface area contributed by atoms with Gasteiger partial charge < -0.3 is 4.90 Å². The Morgan fingerprint density at radius 1 is 0.906 bits per heavy atom. The number of aromatic nitrogens is 1. The molecule has 2 amide bonds. The fourth-order valence-corrected chi connectivity index (χ4v) is 5.55. The molecule has 3 aromatic rings. The number of amides is 2. The predicted octanol–water partition coefficient (Wildman–Crippen LogP) is 4.42. The molecule has 2 aromatic carbocycles. The van der Waals surface area contributed by atoms with E-state index in [-0.39, 0.29) is 24.7 Å². The summed E-state index contributed by atoms with van der Waals surface area (Å²) in [6.07, 6.45) is 3.06. The van der Waals surface area contributed by atoms with E-state index in [1.807, 2.05) is 47.4 Å². The van der Waals surface area contributed by atoms with Crippen LogP contribution in [-0.4, -0.2) is 52.1 Å². The summed E-state index contributed by atoms with van der Waals surface area (Å²) >= 11 is 1.76. The third-order valence-corrected chi connectivity index (χ3v) is 7.46. The number of nitrogens with zero attached hydrogens (tertiary/aromatic N) is 4. The minimum Gasteiger partial charge on any atom is -0.343 e. The molecule has 1 fully saturated rings. The zero-order chi connectivity index (χ0) is 21.9. The summed E-state index contributed by atoms with van der Waals surface area (Å²) in [7, 11) is 0. The van der Waals surface area contributed by atoms with Crippen LogP contribution < -0.4 is 0 Å². The van der Waals surface area contributed by atoms with Gasteiger partial charge in [-0.2, -0.15) is 5.10 Å². The Morgan fingerprint density at radius 3 is 2.41 bits per heavy atom. The van der Waals surface area contributed by atoms with E-state index in [4.69, 9.17) is 4.98 Å². The molecular formula is C25H26N4O2S. The Kier molecular flexibility index (Phi) is 5.99. The Hall–Kier alpha value is -3.06. The lowest BCUT2D eigenvalue weighted by atomic mass is 9.97. The molecule has 0 saturated carbocycles. The van der Waals surface area contributed by atoms with Crippen LogP contribution in [-0.2, 0) is 9.59 Å². The fraction of sp³-hybridized carbons (Fsp3) is 0.360. The van der Waals surface area contributed by atoms with Gasteiger partial charge in [-0.1, -0.05) is 42.5 Å². The van der Waals surface area contributed by atoms with Gasteiger partial charge in [-0.15, -0.1) is 11.3 Å². The lowest BCUT2D eigenvalue weighted by molar-refractivity contribution is -0.137. The number of hydrogen-bond donors (Lipinski definition) is 0. The van der Waals surface area contributed by atoms with Crippen molar-refractivity contribution in [3.63, 3.8) is 0 Å². The molecule has 5 rings (SSSR count). The van der Waals surface area contributed by atoms with Gasteiger partial charge in [-0.25, -0.2) is 9.99 Å². The fourth-order valence-electron chi connectivity index (χ4n) is 4.41. The summed E-state index contributed by atoms with van der Waals surface area (Å²) in [6, 6.07) is 18.2. The largest absolute Gasteiger partial charge is 0.343 e. The zero-order valence-electron chi connectivity index (χ0n) is 17.9. The van der Waals surface area contributed by atoms with Crippen LogP contribution in [0.25, 0.3) is 10.2 Å². The average Bonchev–Trinajstić information content (AvgIpc) is 3.51. The summed E-state index contributed by atoms with van der Waals surface area (Å²) in [5, 5.41) is 7.18. The average molecular weight is 447 g/mol. The summed E-state index contributed by atoms with van der Waals surface area (Å²) in [6.45, 7) is 2.05. The van der Waals surface area contributed by atoms with E-state index in [9.17, 15) is 9.59 Å². The van der Waals surface area contributed by atoms with E-state index in [0.29, 0.717) is 12.5 Å². The van der Waals surface area contributed by atoms with Crippen molar-refractivity contribution in [2.75, 3.05) is 19.6 Å². The van der Waals surface area contributed by atoms with Crippen LogP contribution in [0.4, 0.5) is 0 Å². The van der Waals surface area contributed by atoms with Gasteiger partial charge in [0.2, 0.25) is 11.8 Å². The van der Waals surface area contributed by atoms with E-state index in [1.54, 1.807) is 11.3 Å². The molecule has 0 radical (unpaired) electrons. The molecule has 0 aliphatic carbocycles. The van der Waals surface area contributed by atoms with Crippen molar-refractivity contribution in [2.24, 2.45) is 5.10 Å². The molecule has 32 heavy (non-hydrogen) atoms. The highest BCUT2D eigenvalue weighted by atomic mass is 32.1. The quantitative estimate of drug-likeness (QED) is 0.583. The molecule has 0 N–H and O–H groups in total. The Balaban J connectivity index is 1.10. The zero-order valence-corrected chi connectivity index (χ0v) is 18.8. The van der Waals surface area contributed by atoms with Crippen LogP contribution in [0.5, 0.6) is 0 Å². The Bertz CT molecular complexity index is 1120. The highest BCUT2D eigenvalue weighted by Gasteiger charge is 2.27. The molecule has 164 valence electrons. The van der Waals surface area contributed by atoms with Crippen molar-refractivity contribution >= 4 is 39.1 Å². The van der Waals surface area contributed by atoms with Gasteiger partial charge in [0.1, 0.15) is 0 Å². The number of carbonyl (C=O) groups is 2. The number of para-hydroxylation sites is 1. The normalized spacial score (nSPS) is 17.1. The van der Waals surface area contributed by atoms with E-state index in [0.717, 1.165) is 49.1 Å². The SMILES string of the molecule is O=C(CCC(=O)N1CCC(c2ccccc2)=N1)N1CCC(c2nc3ccccc3s2)CC1. The van der Waals surface area contributed by atoms with Gasteiger partial charge in [0, 0.05) is 38.3 Å². The van der Waals surface area contributed by atoms with Crippen molar-refractivity contribution in [1.82, 2.24) is 14.9 Å². The predicted molar refractivity (Wildman–Crippen MR) is 127 cm³/mol. The van der Waals surface area contributed by atoms with Gasteiger partial charge in [-0.3, -0.25) is 9.59 Å². The molecule has 2 aliphatic rings. The maximum Gasteiger partial charge on any atom is 0.243 e. The maximum absolute atomic E-state index is 12.7. The van der Waals surface area contributed by atoms with Crippen LogP contribution in [0.1, 0.15) is 48.6 Å². The van der Waals surface area contributed by atoms with Gasteiger partial charge >= 0.3 is 0 Å². The summed E-state index contributed by atoms with van der Waals surface area (Å²) in [5.74, 6) is 0.398. The topological polar surface area (TPSA) is 65.9 Å². The monoisotopic (exact) mass is 446 g/mol. The number of piperidine rings is 1. The van der Waals surface area contributed by atoms with Crippen LogP contribution in [0.3, 0.4) is 0 Å². The lowest BCUT2D eigenvalue weighted by Crippen LogP contribution is -2.38. The molecule has 1 aromatic heterocycles. The summed E-state index contributed by atoms with van der Waals surface area (Å²) in [4.78, 5) is 32.0. The van der Waals surface area contributed by atoms with E-state index in [1.165, 1.54) is 14.7 Å². The second kappa shape index (κ2) is 9.20. The van der Waals surface area contributed by atoms with Crippen LogP contribution >= 0.6 is 11.3 Å². The van der Waals surface area contributed by atoms with E-state index >= 15 is 0 Å². The maximum atomic E-state index is 12.7. The van der Waals surface area contributed by atoms with Gasteiger partial charge in [0.05, 0.1) is 27.5 Å². The highest BCUT2D eigenvalue weighted by molar-refractivity contribution is 7.18. The second-order valence-corrected chi connectivity index (χ2v) is 9.42. The van der Waals surface area contributed by atoms with E-state index < -0.39 is 0 Å². The number of thiazole rings is 1. The summed E-state index contributed by atoms with van der Waals surface area (Å²) < 4.78 is 1.22. The van der Waals surface area contributed by atoms with E-state index in [2.05, 4.69) is 17.2 Å². The van der Waals surface area contributed by atoms with Gasteiger partial charge in [-0.05, 0) is 30.5 Å². The molecule has 0 unspecified atom stereocenters. The minimum absolute atomic E-state index is 0.0626. The van der Waals surface area contributed by atoms with Crippen LogP contribution in [0, 0.1) is 0 Å². The number of likely N-dealkylation sites (tertiary alicyclic amines) is 1. The molecule has 0 atom stereocenters. The molecular weight excluding hydrogens is 420 g/mol. The highest BCUT2D eigenvalue weighted by Crippen LogP contribution is 2.34. The number of fused-ring (bicyclic) bond motifs is 1. The number of carbonyl (C=O) groups excluding carboxylic acids is 2. The van der Waals surface area contributed by atoms with Crippen LogP contribution in [0.2, 0.25) is 0 Å². The van der Waals surface area contributed by atoms with Crippen molar-refractivity contribution in [2.45, 2.75) is 38.0 Å². The first-order valence-corrected chi connectivity index (χ1v) is 12.1. The standard InChI is InChI=1S/C25H26N4O2S/c30-23(10-11-24(31)29-17-14-20(27-29)18-6-2-1-3-7-18)28-15-12-19(13-16-28)25-26-21-8-4-5-9-22(21)32-25/h1-9,19H,10-17H2. The number of rotatable bonds is 5. The molecule has 2 aliphatic heterocycles. The van der Waals surface area contributed by atoms with Crippen LogP contribution in [0.15, 0.2) is 59.7 Å². The van der Waals surface area contributed by atoms with Crippen molar-refractivity contribution < 1.29 is 9.59 Å². The molecule has 0 bridgehead atoms. The van der Waals surface area contributed by atoms with Crippen molar-refractivity contribution in [1.29, 1.82) is 0 Å². The number of hydrogen-bond acceptors (Lipinski definition) is 5. The molecule has 7 heteroatoms. The number of benzene rings is 2.